The minimum Gasteiger partial charge on any atom is -0.493 e. The number of carbonyl (C=O) groups excluding carboxylic acids is 2. The molecule has 0 heterocycles. The van der Waals surface area contributed by atoms with Crippen molar-refractivity contribution in [1.82, 2.24) is 5.43 Å². The fourth-order valence-electron chi connectivity index (χ4n) is 4.09. The van der Waals surface area contributed by atoms with Crippen molar-refractivity contribution >= 4 is 17.4 Å². The van der Waals surface area contributed by atoms with Crippen LogP contribution in [0.4, 0.5) is 0 Å². The second-order valence-electron chi connectivity index (χ2n) is 8.32. The lowest BCUT2D eigenvalue weighted by atomic mass is 9.71. The Hall–Kier alpha value is -3.35. The van der Waals surface area contributed by atoms with Gasteiger partial charge in [0.05, 0.1) is 21.3 Å². The Kier molecular flexibility index (Phi) is 6.06. The third-order valence-corrected chi connectivity index (χ3v) is 5.47. The zero-order chi connectivity index (χ0) is 22.9. The molecule has 164 valence electrons. The Labute approximate surface area is 182 Å². The van der Waals surface area contributed by atoms with Crippen LogP contribution in [0.3, 0.4) is 0 Å². The lowest BCUT2D eigenvalue weighted by Crippen LogP contribution is -2.41. The van der Waals surface area contributed by atoms with E-state index in [0.29, 0.717) is 34.9 Å². The maximum atomic E-state index is 13.3. The normalized spacial score (nSPS) is 16.0. The summed E-state index contributed by atoms with van der Waals surface area (Å²) in [6, 6.07) is 7.11. The van der Waals surface area contributed by atoms with Crippen molar-refractivity contribution in [2.24, 2.45) is 10.5 Å². The summed E-state index contributed by atoms with van der Waals surface area (Å²) in [6.45, 7) is 7.85. The molecule has 0 spiro atoms. The van der Waals surface area contributed by atoms with Gasteiger partial charge in [-0.1, -0.05) is 31.5 Å². The number of nitrogens with zero attached hydrogens (tertiary/aromatic N) is 1. The fraction of sp³-hybridized carbons (Fsp3) is 0.375. The molecule has 7 heteroatoms. The van der Waals surface area contributed by atoms with E-state index in [4.69, 9.17) is 14.2 Å². The van der Waals surface area contributed by atoms with Crippen LogP contribution in [0.5, 0.6) is 17.2 Å². The van der Waals surface area contributed by atoms with Gasteiger partial charge in [0.2, 0.25) is 11.5 Å². The SMILES string of the molecule is COc1cc(C(=O)N/N=C2/C(=O)c3c(C)cc(C)cc3CC2(C)C)cc(OC)c1OC. The van der Waals surface area contributed by atoms with Gasteiger partial charge in [-0.2, -0.15) is 5.10 Å². The number of fused-ring (bicyclic) bond motifs is 1. The van der Waals surface area contributed by atoms with Crippen LogP contribution in [0.15, 0.2) is 29.4 Å². The van der Waals surface area contributed by atoms with Gasteiger partial charge in [0.25, 0.3) is 5.91 Å². The Morgan fingerprint density at radius 3 is 2.16 bits per heavy atom. The molecular formula is C24H28N2O5. The van der Waals surface area contributed by atoms with E-state index < -0.39 is 11.3 Å². The van der Waals surface area contributed by atoms with Crippen molar-refractivity contribution in [3.05, 3.63) is 52.1 Å². The number of ether oxygens (including phenoxy) is 3. The summed E-state index contributed by atoms with van der Waals surface area (Å²) in [4.78, 5) is 26.1. The zero-order valence-electron chi connectivity index (χ0n) is 19.0. The molecule has 0 aliphatic heterocycles. The van der Waals surface area contributed by atoms with Gasteiger partial charge >= 0.3 is 0 Å². The number of hydrogen-bond acceptors (Lipinski definition) is 6. The summed E-state index contributed by atoms with van der Waals surface area (Å²) in [5, 5.41) is 4.26. The maximum Gasteiger partial charge on any atom is 0.271 e. The number of hydrogen-bond donors (Lipinski definition) is 1. The molecule has 1 amide bonds. The number of carbonyl (C=O) groups is 2. The molecule has 0 saturated heterocycles. The van der Waals surface area contributed by atoms with Crippen molar-refractivity contribution < 1.29 is 23.8 Å². The third kappa shape index (κ3) is 4.13. The van der Waals surface area contributed by atoms with E-state index in [0.717, 1.165) is 16.7 Å². The molecule has 2 aromatic carbocycles. The number of nitrogens with one attached hydrogen (secondary N) is 1. The second-order valence-corrected chi connectivity index (χ2v) is 8.32. The number of amides is 1. The van der Waals surface area contributed by atoms with Gasteiger partial charge in [-0.05, 0) is 43.5 Å². The summed E-state index contributed by atoms with van der Waals surface area (Å²) in [5.74, 6) is 0.455. The number of methoxy groups -OCH3 is 3. The van der Waals surface area contributed by atoms with E-state index in [1.165, 1.54) is 33.5 Å². The van der Waals surface area contributed by atoms with E-state index in [9.17, 15) is 9.59 Å². The molecule has 0 saturated carbocycles. The van der Waals surface area contributed by atoms with Gasteiger partial charge < -0.3 is 14.2 Å². The van der Waals surface area contributed by atoms with Crippen molar-refractivity contribution in [1.29, 1.82) is 0 Å². The number of hydrazone groups is 1. The van der Waals surface area contributed by atoms with E-state index in [-0.39, 0.29) is 11.3 Å². The molecule has 2 aromatic rings. The predicted molar refractivity (Wildman–Crippen MR) is 119 cm³/mol. The average molecular weight is 424 g/mol. The highest BCUT2D eigenvalue weighted by molar-refractivity contribution is 6.49. The van der Waals surface area contributed by atoms with Crippen LogP contribution in [-0.4, -0.2) is 38.7 Å². The molecular weight excluding hydrogens is 396 g/mol. The van der Waals surface area contributed by atoms with E-state index in [2.05, 4.69) is 10.5 Å². The van der Waals surface area contributed by atoms with E-state index in [1.54, 1.807) is 0 Å². The summed E-state index contributed by atoms with van der Waals surface area (Å²) in [6.07, 6.45) is 0.662. The monoisotopic (exact) mass is 424 g/mol. The summed E-state index contributed by atoms with van der Waals surface area (Å²) in [5.41, 5.74) is 6.33. The van der Waals surface area contributed by atoms with Crippen molar-refractivity contribution in [2.45, 2.75) is 34.1 Å². The lowest BCUT2D eigenvalue weighted by Gasteiger charge is -2.32. The van der Waals surface area contributed by atoms with Crippen LogP contribution < -0.4 is 19.6 Å². The highest BCUT2D eigenvalue weighted by atomic mass is 16.5. The average Bonchev–Trinajstić information content (AvgIpc) is 2.70. The fourth-order valence-corrected chi connectivity index (χ4v) is 4.09. The van der Waals surface area contributed by atoms with Gasteiger partial charge in [0.15, 0.2) is 11.5 Å². The topological polar surface area (TPSA) is 86.2 Å². The molecule has 3 rings (SSSR count). The van der Waals surface area contributed by atoms with Gasteiger partial charge in [-0.3, -0.25) is 9.59 Å². The Morgan fingerprint density at radius 2 is 1.61 bits per heavy atom. The van der Waals surface area contributed by atoms with Crippen LogP contribution in [-0.2, 0) is 6.42 Å². The standard InChI is InChI=1S/C24H28N2O5/c1-13-8-14(2)19-16(9-13)12-24(3,4)22(20(19)27)25-26-23(28)15-10-17(29-5)21(31-7)18(11-15)30-6/h8-11H,12H2,1-7H3,(H,26,28)/b25-22-. The molecule has 1 N–H and O–H groups in total. The Bertz CT molecular complexity index is 1060. The van der Waals surface area contributed by atoms with Gasteiger partial charge in [-0.15, -0.1) is 0 Å². The molecule has 0 atom stereocenters. The lowest BCUT2D eigenvalue weighted by molar-refractivity contribution is 0.0953. The zero-order valence-corrected chi connectivity index (χ0v) is 19.0. The number of aryl methyl sites for hydroxylation is 2. The number of benzene rings is 2. The van der Waals surface area contributed by atoms with Gasteiger partial charge in [0.1, 0.15) is 5.71 Å². The second kappa shape index (κ2) is 8.41. The minimum absolute atomic E-state index is 0.158. The molecule has 7 nitrogen and oxygen atoms in total. The smallest absolute Gasteiger partial charge is 0.271 e. The first-order chi connectivity index (χ1) is 14.6. The quantitative estimate of drug-likeness (QED) is 0.736. The maximum absolute atomic E-state index is 13.3. The highest BCUT2D eigenvalue weighted by Gasteiger charge is 2.39. The minimum atomic E-state index is -0.521. The van der Waals surface area contributed by atoms with Crippen molar-refractivity contribution in [3.63, 3.8) is 0 Å². The molecule has 0 bridgehead atoms. The summed E-state index contributed by atoms with van der Waals surface area (Å²) < 4.78 is 15.9. The Balaban J connectivity index is 1.95. The number of ketones is 1. The first-order valence-electron chi connectivity index (χ1n) is 9.96. The summed E-state index contributed by atoms with van der Waals surface area (Å²) in [7, 11) is 4.44. The van der Waals surface area contributed by atoms with Crippen molar-refractivity contribution in [3.8, 4) is 17.2 Å². The Morgan fingerprint density at radius 1 is 1.00 bits per heavy atom. The van der Waals surface area contributed by atoms with Crippen LogP contribution in [0.25, 0.3) is 0 Å². The molecule has 0 unspecified atom stereocenters. The van der Waals surface area contributed by atoms with Crippen molar-refractivity contribution in [2.75, 3.05) is 21.3 Å². The van der Waals surface area contributed by atoms with E-state index in [1.807, 2.05) is 39.8 Å². The van der Waals surface area contributed by atoms with Crippen LogP contribution in [0, 0.1) is 19.3 Å². The molecule has 31 heavy (non-hydrogen) atoms. The molecule has 1 aliphatic rings. The summed E-state index contributed by atoms with van der Waals surface area (Å²) >= 11 is 0. The first-order valence-corrected chi connectivity index (χ1v) is 9.96. The first kappa shape index (κ1) is 22.3. The van der Waals surface area contributed by atoms with Crippen LogP contribution >= 0.6 is 0 Å². The molecule has 0 aromatic heterocycles. The van der Waals surface area contributed by atoms with Gasteiger partial charge in [-0.25, -0.2) is 5.43 Å². The van der Waals surface area contributed by atoms with E-state index >= 15 is 0 Å². The molecule has 0 radical (unpaired) electrons. The number of Topliss-reactive ketones (excluding diaryl/α,β-unsaturated/α-hetero) is 1. The van der Waals surface area contributed by atoms with Crippen LogP contribution in [0.2, 0.25) is 0 Å². The molecule has 0 fully saturated rings. The van der Waals surface area contributed by atoms with Gasteiger partial charge in [0, 0.05) is 16.5 Å². The largest absolute Gasteiger partial charge is 0.493 e. The molecule has 1 aliphatic carbocycles. The number of rotatable bonds is 5. The highest BCUT2D eigenvalue weighted by Crippen LogP contribution is 2.38. The predicted octanol–water partition coefficient (Wildman–Crippen LogP) is 3.88. The van der Waals surface area contributed by atoms with Crippen LogP contribution in [0.1, 0.15) is 51.3 Å². The third-order valence-electron chi connectivity index (χ3n) is 5.47.